The first-order valence-electron chi connectivity index (χ1n) is 6.50. The number of nitrogens with zero attached hydrogens (tertiary/aromatic N) is 2. The monoisotopic (exact) mass is 274 g/mol. The normalized spacial score (nSPS) is 18.2. The molecule has 3 rings (SSSR count). The third-order valence-electron chi connectivity index (χ3n) is 3.46. The van der Waals surface area contributed by atoms with Gasteiger partial charge in [0.15, 0.2) is 5.13 Å². The van der Waals surface area contributed by atoms with E-state index in [1.165, 1.54) is 22.5 Å². The summed E-state index contributed by atoms with van der Waals surface area (Å²) in [6, 6.07) is 8.68. The number of rotatable bonds is 3. The molecule has 1 aliphatic heterocycles. The van der Waals surface area contributed by atoms with Crippen LogP contribution in [0.2, 0.25) is 0 Å². The third kappa shape index (κ3) is 2.57. The fraction of sp³-hybridized carbons (Fsp3) is 0.357. The number of hydrazine groups is 1. The minimum absolute atomic E-state index is 0.690. The molecule has 1 aromatic carbocycles. The number of nitrogens with two attached hydrogens (primary N) is 1. The summed E-state index contributed by atoms with van der Waals surface area (Å²) in [7, 11) is 0. The van der Waals surface area contributed by atoms with E-state index in [1.54, 1.807) is 11.3 Å². The Hall–Kier alpha value is -1.59. The number of para-hydroxylation sites is 1. The fourth-order valence-electron chi connectivity index (χ4n) is 2.69. The zero-order valence-electron chi connectivity index (χ0n) is 11.0. The summed E-state index contributed by atoms with van der Waals surface area (Å²) in [5, 5.41) is 0.772. The van der Waals surface area contributed by atoms with Crippen LogP contribution in [0.5, 0.6) is 0 Å². The van der Waals surface area contributed by atoms with Crippen molar-refractivity contribution >= 4 is 22.2 Å². The Labute approximate surface area is 117 Å². The van der Waals surface area contributed by atoms with Gasteiger partial charge in [0.25, 0.3) is 0 Å². The molecule has 0 saturated heterocycles. The molecule has 1 atom stereocenters. The maximum atomic E-state index is 5.38. The van der Waals surface area contributed by atoms with Gasteiger partial charge in [-0.3, -0.25) is 5.43 Å². The van der Waals surface area contributed by atoms with Gasteiger partial charge in [0.05, 0.1) is 6.54 Å². The lowest BCUT2D eigenvalue weighted by atomic mass is 9.94. The predicted octanol–water partition coefficient (Wildman–Crippen LogP) is 2.63. The van der Waals surface area contributed by atoms with E-state index < -0.39 is 0 Å². The molecular formula is C14H18N4S. The van der Waals surface area contributed by atoms with Crippen molar-refractivity contribution in [2.24, 2.45) is 11.8 Å². The zero-order valence-corrected chi connectivity index (χ0v) is 11.8. The van der Waals surface area contributed by atoms with Crippen LogP contribution < -0.4 is 16.2 Å². The molecule has 5 heteroatoms. The molecule has 1 aromatic heterocycles. The van der Waals surface area contributed by atoms with Crippen molar-refractivity contribution in [3.63, 3.8) is 0 Å². The number of thiazole rings is 1. The minimum atomic E-state index is 0.690. The van der Waals surface area contributed by atoms with E-state index in [1.807, 2.05) is 6.20 Å². The van der Waals surface area contributed by atoms with Crippen molar-refractivity contribution in [3.8, 4) is 0 Å². The van der Waals surface area contributed by atoms with Crippen molar-refractivity contribution in [2.75, 3.05) is 16.9 Å². The van der Waals surface area contributed by atoms with Crippen LogP contribution in [0.15, 0.2) is 30.5 Å². The topological polar surface area (TPSA) is 54.2 Å². The van der Waals surface area contributed by atoms with E-state index in [9.17, 15) is 0 Å². The van der Waals surface area contributed by atoms with Crippen molar-refractivity contribution in [1.29, 1.82) is 0 Å². The highest BCUT2D eigenvalue weighted by atomic mass is 32.1. The standard InChI is InChI=1S/C14H18N4S/c1-10-6-11-4-2-3-5-13(11)18(8-10)9-12-7-16-14(17-15)19-12/h2-5,7,10H,6,8-9,15H2,1H3,(H,16,17). The highest BCUT2D eigenvalue weighted by molar-refractivity contribution is 7.15. The summed E-state index contributed by atoms with van der Waals surface area (Å²) in [6.45, 7) is 4.31. The molecule has 1 aliphatic rings. The van der Waals surface area contributed by atoms with E-state index in [4.69, 9.17) is 5.84 Å². The first-order chi connectivity index (χ1) is 9.26. The van der Waals surface area contributed by atoms with Gasteiger partial charge in [0, 0.05) is 23.3 Å². The van der Waals surface area contributed by atoms with Gasteiger partial charge in [-0.1, -0.05) is 36.5 Å². The van der Waals surface area contributed by atoms with Crippen LogP contribution >= 0.6 is 11.3 Å². The molecule has 0 amide bonds. The van der Waals surface area contributed by atoms with Gasteiger partial charge in [0.2, 0.25) is 0 Å². The lowest BCUT2D eigenvalue weighted by molar-refractivity contribution is 0.531. The van der Waals surface area contributed by atoms with E-state index in [2.05, 4.69) is 46.5 Å². The van der Waals surface area contributed by atoms with Gasteiger partial charge in [-0.15, -0.1) is 0 Å². The molecule has 100 valence electrons. The van der Waals surface area contributed by atoms with Crippen LogP contribution in [-0.2, 0) is 13.0 Å². The van der Waals surface area contributed by atoms with Gasteiger partial charge < -0.3 is 4.90 Å². The van der Waals surface area contributed by atoms with Gasteiger partial charge in [-0.25, -0.2) is 10.8 Å². The number of aromatic nitrogens is 1. The van der Waals surface area contributed by atoms with Gasteiger partial charge >= 0.3 is 0 Å². The van der Waals surface area contributed by atoms with Gasteiger partial charge in [-0.05, 0) is 24.0 Å². The highest BCUT2D eigenvalue weighted by Gasteiger charge is 2.21. The quantitative estimate of drug-likeness (QED) is 0.667. The molecule has 0 bridgehead atoms. The van der Waals surface area contributed by atoms with Crippen molar-refractivity contribution in [1.82, 2.24) is 4.98 Å². The average Bonchev–Trinajstić information content (AvgIpc) is 2.86. The second-order valence-corrected chi connectivity index (χ2v) is 6.21. The molecule has 3 N–H and O–H groups in total. The molecule has 2 aromatic rings. The maximum Gasteiger partial charge on any atom is 0.197 e. The van der Waals surface area contributed by atoms with E-state index in [-0.39, 0.29) is 0 Å². The lowest BCUT2D eigenvalue weighted by Crippen LogP contribution is -2.33. The van der Waals surface area contributed by atoms with Crippen LogP contribution in [0, 0.1) is 5.92 Å². The van der Waals surface area contributed by atoms with Crippen LogP contribution in [0.1, 0.15) is 17.4 Å². The third-order valence-corrected chi connectivity index (χ3v) is 4.37. The van der Waals surface area contributed by atoms with Crippen LogP contribution in [0.25, 0.3) is 0 Å². The molecule has 0 spiro atoms. The molecule has 2 heterocycles. The number of fused-ring (bicyclic) bond motifs is 1. The summed E-state index contributed by atoms with van der Waals surface area (Å²) in [5.41, 5.74) is 5.41. The van der Waals surface area contributed by atoms with E-state index in [0.717, 1.165) is 18.2 Å². The van der Waals surface area contributed by atoms with Crippen molar-refractivity contribution in [2.45, 2.75) is 19.9 Å². The molecule has 0 saturated carbocycles. The van der Waals surface area contributed by atoms with E-state index >= 15 is 0 Å². The minimum Gasteiger partial charge on any atom is -0.366 e. The largest absolute Gasteiger partial charge is 0.366 e. The molecule has 0 radical (unpaired) electrons. The molecule has 4 nitrogen and oxygen atoms in total. The Morgan fingerprint density at radius 1 is 1.47 bits per heavy atom. The highest BCUT2D eigenvalue weighted by Crippen LogP contribution is 2.31. The predicted molar refractivity (Wildman–Crippen MR) is 80.3 cm³/mol. The van der Waals surface area contributed by atoms with Gasteiger partial charge in [-0.2, -0.15) is 0 Å². The first-order valence-corrected chi connectivity index (χ1v) is 7.32. The molecule has 19 heavy (non-hydrogen) atoms. The number of hydrogen-bond donors (Lipinski definition) is 2. The Morgan fingerprint density at radius 2 is 2.32 bits per heavy atom. The number of hydrogen-bond acceptors (Lipinski definition) is 5. The fourth-order valence-corrected chi connectivity index (χ4v) is 3.43. The van der Waals surface area contributed by atoms with Crippen molar-refractivity contribution in [3.05, 3.63) is 40.9 Å². The Bertz CT molecular complexity index is 566. The zero-order chi connectivity index (χ0) is 13.2. The molecular weight excluding hydrogens is 256 g/mol. The lowest BCUT2D eigenvalue weighted by Gasteiger charge is -2.34. The maximum absolute atomic E-state index is 5.38. The molecule has 0 fully saturated rings. The average molecular weight is 274 g/mol. The molecule has 1 unspecified atom stereocenters. The summed E-state index contributed by atoms with van der Waals surface area (Å²) in [4.78, 5) is 7.91. The Kier molecular flexibility index (Phi) is 3.40. The van der Waals surface area contributed by atoms with Crippen molar-refractivity contribution < 1.29 is 0 Å². The summed E-state index contributed by atoms with van der Waals surface area (Å²) in [6.07, 6.45) is 3.08. The summed E-state index contributed by atoms with van der Waals surface area (Å²) < 4.78 is 0. The number of benzene rings is 1. The Morgan fingerprint density at radius 3 is 3.11 bits per heavy atom. The van der Waals surface area contributed by atoms with Gasteiger partial charge in [0.1, 0.15) is 0 Å². The SMILES string of the molecule is CC1Cc2ccccc2N(Cc2cnc(NN)s2)C1. The van der Waals surface area contributed by atoms with Crippen LogP contribution in [0.4, 0.5) is 10.8 Å². The smallest absolute Gasteiger partial charge is 0.197 e. The summed E-state index contributed by atoms with van der Waals surface area (Å²) >= 11 is 1.61. The van der Waals surface area contributed by atoms with Crippen LogP contribution in [0.3, 0.4) is 0 Å². The van der Waals surface area contributed by atoms with E-state index in [0.29, 0.717) is 5.92 Å². The molecule has 0 aliphatic carbocycles. The second-order valence-electron chi connectivity index (χ2n) is 5.09. The first kappa shape index (κ1) is 12.4. The second kappa shape index (κ2) is 5.19. The van der Waals surface area contributed by atoms with Crippen LogP contribution in [-0.4, -0.2) is 11.5 Å². The Balaban J connectivity index is 1.84. The summed E-state index contributed by atoms with van der Waals surface area (Å²) in [5.74, 6) is 6.07. The number of nitrogen functional groups attached to an aromatic ring is 1. The number of nitrogens with one attached hydrogen (secondary N) is 1. The number of anilines is 2.